The van der Waals surface area contributed by atoms with Gasteiger partial charge in [-0.1, -0.05) is 0 Å². The van der Waals surface area contributed by atoms with Gasteiger partial charge in [0.1, 0.15) is 0 Å². The second-order valence-electron chi connectivity index (χ2n) is 4.76. The number of likely N-dealkylation sites (tertiary alicyclic amines) is 2. The molecule has 0 aliphatic carbocycles. The van der Waals surface area contributed by atoms with Crippen molar-refractivity contribution in [2.24, 2.45) is 5.92 Å². The zero-order valence-electron chi connectivity index (χ0n) is 9.15. The van der Waals surface area contributed by atoms with Gasteiger partial charge in [0.15, 0.2) is 0 Å². The minimum atomic E-state index is 0.875. The Bertz CT molecular complexity index is 186. The smallest absolute Gasteiger partial charge is 0.0145 e. The standard InChI is InChI=1S/C11H22N2S/c1-12-5-2-3-10-9-13(7-8-14)6-4-11(10)12/h10-11,14H,2-9H2,1H3. The Morgan fingerprint density at radius 2 is 2.14 bits per heavy atom. The van der Waals surface area contributed by atoms with E-state index in [1.165, 1.54) is 45.4 Å². The fraction of sp³-hybridized carbons (Fsp3) is 1.00. The fourth-order valence-electron chi connectivity index (χ4n) is 3.07. The van der Waals surface area contributed by atoms with Gasteiger partial charge in [-0.3, -0.25) is 0 Å². The Labute approximate surface area is 93.1 Å². The molecule has 0 N–H and O–H groups in total. The molecule has 0 aromatic rings. The van der Waals surface area contributed by atoms with Gasteiger partial charge >= 0.3 is 0 Å². The minimum absolute atomic E-state index is 0.875. The number of rotatable bonds is 2. The molecule has 2 atom stereocenters. The van der Waals surface area contributed by atoms with Crippen molar-refractivity contribution >= 4 is 12.6 Å². The molecule has 0 amide bonds. The molecule has 14 heavy (non-hydrogen) atoms. The Kier molecular flexibility index (Phi) is 3.74. The van der Waals surface area contributed by atoms with Crippen LogP contribution in [0.15, 0.2) is 0 Å². The number of piperidine rings is 2. The lowest BCUT2D eigenvalue weighted by Gasteiger charge is -2.46. The maximum atomic E-state index is 4.31. The molecule has 2 aliphatic rings. The van der Waals surface area contributed by atoms with Gasteiger partial charge in [-0.05, 0) is 45.3 Å². The van der Waals surface area contributed by atoms with Crippen molar-refractivity contribution in [1.82, 2.24) is 9.80 Å². The summed E-state index contributed by atoms with van der Waals surface area (Å²) in [4.78, 5) is 5.17. The van der Waals surface area contributed by atoms with Crippen molar-refractivity contribution in [1.29, 1.82) is 0 Å². The van der Waals surface area contributed by atoms with Crippen molar-refractivity contribution in [3.63, 3.8) is 0 Å². The van der Waals surface area contributed by atoms with Gasteiger partial charge in [-0.15, -0.1) is 0 Å². The molecule has 2 rings (SSSR count). The quantitative estimate of drug-likeness (QED) is 0.693. The topological polar surface area (TPSA) is 6.48 Å². The molecule has 2 aliphatic heterocycles. The highest BCUT2D eigenvalue weighted by Gasteiger charge is 2.33. The zero-order valence-corrected chi connectivity index (χ0v) is 10.0. The summed E-state index contributed by atoms with van der Waals surface area (Å²) < 4.78 is 0. The SMILES string of the molecule is CN1CCCC2CN(CCS)CCC21. The molecule has 3 heteroatoms. The van der Waals surface area contributed by atoms with Crippen LogP contribution in [-0.2, 0) is 0 Å². The molecule has 0 saturated carbocycles. The van der Waals surface area contributed by atoms with Gasteiger partial charge in [0.2, 0.25) is 0 Å². The maximum absolute atomic E-state index is 4.31. The molecule has 0 radical (unpaired) electrons. The second kappa shape index (κ2) is 4.86. The Morgan fingerprint density at radius 3 is 2.93 bits per heavy atom. The number of hydrogen-bond acceptors (Lipinski definition) is 3. The molecule has 0 bridgehead atoms. The Balaban J connectivity index is 1.89. The van der Waals surface area contributed by atoms with E-state index in [0.717, 1.165) is 17.7 Å². The lowest BCUT2D eigenvalue weighted by atomic mass is 9.84. The van der Waals surface area contributed by atoms with Crippen LogP contribution < -0.4 is 0 Å². The van der Waals surface area contributed by atoms with Crippen LogP contribution in [0.4, 0.5) is 0 Å². The Hall–Kier alpha value is 0.270. The molecular formula is C11H22N2S. The predicted molar refractivity (Wildman–Crippen MR) is 64.1 cm³/mol. The first-order chi connectivity index (χ1) is 6.81. The average molecular weight is 214 g/mol. The van der Waals surface area contributed by atoms with E-state index in [0.29, 0.717) is 0 Å². The predicted octanol–water partition coefficient (Wildman–Crippen LogP) is 1.33. The number of fused-ring (bicyclic) bond motifs is 1. The van der Waals surface area contributed by atoms with E-state index in [1.807, 2.05) is 0 Å². The fourth-order valence-corrected chi connectivity index (χ4v) is 3.36. The lowest BCUT2D eigenvalue weighted by molar-refractivity contribution is 0.0413. The van der Waals surface area contributed by atoms with Crippen LogP contribution in [0.25, 0.3) is 0 Å². The van der Waals surface area contributed by atoms with Crippen LogP contribution in [0.1, 0.15) is 19.3 Å². The van der Waals surface area contributed by atoms with Crippen LogP contribution in [0, 0.1) is 5.92 Å². The molecule has 2 saturated heterocycles. The van der Waals surface area contributed by atoms with E-state index in [9.17, 15) is 0 Å². The summed E-state index contributed by atoms with van der Waals surface area (Å²) >= 11 is 4.31. The highest BCUT2D eigenvalue weighted by Crippen LogP contribution is 2.29. The summed E-state index contributed by atoms with van der Waals surface area (Å²) in [5, 5.41) is 0. The minimum Gasteiger partial charge on any atom is -0.303 e. The van der Waals surface area contributed by atoms with Gasteiger partial charge in [0.25, 0.3) is 0 Å². The molecule has 0 spiro atoms. The molecule has 2 fully saturated rings. The molecule has 82 valence electrons. The van der Waals surface area contributed by atoms with E-state index < -0.39 is 0 Å². The monoisotopic (exact) mass is 214 g/mol. The van der Waals surface area contributed by atoms with Crippen molar-refractivity contribution in [2.45, 2.75) is 25.3 Å². The molecule has 0 aromatic carbocycles. The van der Waals surface area contributed by atoms with Gasteiger partial charge in [-0.25, -0.2) is 0 Å². The number of thiol groups is 1. The summed E-state index contributed by atoms with van der Waals surface area (Å²) in [6.07, 6.45) is 4.21. The van der Waals surface area contributed by atoms with E-state index in [-0.39, 0.29) is 0 Å². The Morgan fingerprint density at radius 1 is 1.29 bits per heavy atom. The first kappa shape index (κ1) is 10.8. The van der Waals surface area contributed by atoms with Gasteiger partial charge in [-0.2, -0.15) is 12.6 Å². The van der Waals surface area contributed by atoms with Crippen molar-refractivity contribution in [3.8, 4) is 0 Å². The maximum Gasteiger partial charge on any atom is 0.0145 e. The van der Waals surface area contributed by atoms with Gasteiger partial charge in [0, 0.05) is 24.9 Å². The van der Waals surface area contributed by atoms with Gasteiger partial charge < -0.3 is 9.80 Å². The third-order valence-electron chi connectivity index (χ3n) is 3.85. The first-order valence-electron chi connectivity index (χ1n) is 5.84. The highest BCUT2D eigenvalue weighted by atomic mass is 32.1. The van der Waals surface area contributed by atoms with Crippen LogP contribution in [0.5, 0.6) is 0 Å². The number of hydrogen-bond donors (Lipinski definition) is 1. The highest BCUT2D eigenvalue weighted by molar-refractivity contribution is 7.80. The van der Waals surface area contributed by atoms with Gasteiger partial charge in [0.05, 0.1) is 0 Å². The van der Waals surface area contributed by atoms with Crippen LogP contribution in [-0.4, -0.2) is 54.8 Å². The number of nitrogens with zero attached hydrogens (tertiary/aromatic N) is 2. The van der Waals surface area contributed by atoms with E-state index in [1.54, 1.807) is 0 Å². The third-order valence-corrected chi connectivity index (χ3v) is 4.05. The van der Waals surface area contributed by atoms with Crippen molar-refractivity contribution in [2.75, 3.05) is 39.0 Å². The summed E-state index contributed by atoms with van der Waals surface area (Å²) in [5.41, 5.74) is 0. The second-order valence-corrected chi connectivity index (χ2v) is 5.21. The molecule has 2 heterocycles. The van der Waals surface area contributed by atoms with Crippen LogP contribution in [0.2, 0.25) is 0 Å². The summed E-state index contributed by atoms with van der Waals surface area (Å²) in [6, 6.07) is 0.875. The molecule has 0 aromatic heterocycles. The summed E-state index contributed by atoms with van der Waals surface area (Å²) in [6.45, 7) is 5.09. The zero-order chi connectivity index (χ0) is 9.97. The molecule has 2 nitrogen and oxygen atoms in total. The molecule has 2 unspecified atom stereocenters. The van der Waals surface area contributed by atoms with E-state index in [2.05, 4.69) is 29.5 Å². The lowest BCUT2D eigenvalue weighted by Crippen LogP contribution is -2.52. The van der Waals surface area contributed by atoms with Crippen molar-refractivity contribution in [3.05, 3.63) is 0 Å². The summed E-state index contributed by atoms with van der Waals surface area (Å²) in [7, 11) is 2.30. The first-order valence-corrected chi connectivity index (χ1v) is 6.48. The average Bonchev–Trinajstić information content (AvgIpc) is 2.18. The van der Waals surface area contributed by atoms with E-state index >= 15 is 0 Å². The largest absolute Gasteiger partial charge is 0.303 e. The summed E-state index contributed by atoms with van der Waals surface area (Å²) in [5.74, 6) is 1.94. The van der Waals surface area contributed by atoms with Crippen LogP contribution in [0.3, 0.4) is 0 Å². The van der Waals surface area contributed by atoms with Crippen LogP contribution >= 0.6 is 12.6 Å². The molecular weight excluding hydrogens is 192 g/mol. The normalized spacial score (nSPS) is 35.6. The van der Waals surface area contributed by atoms with Crippen molar-refractivity contribution < 1.29 is 0 Å². The third kappa shape index (κ3) is 2.26. The van der Waals surface area contributed by atoms with E-state index in [4.69, 9.17) is 0 Å².